The van der Waals surface area contributed by atoms with Gasteiger partial charge < -0.3 is 5.32 Å². The maximum atomic E-state index is 12.2. The zero-order valence-corrected chi connectivity index (χ0v) is 11.5. The number of nitrogens with one attached hydrogen (secondary N) is 1. The van der Waals surface area contributed by atoms with Gasteiger partial charge in [-0.2, -0.15) is 5.10 Å². The summed E-state index contributed by atoms with van der Waals surface area (Å²) in [5, 5.41) is 7.21. The van der Waals surface area contributed by atoms with Crippen LogP contribution in [0.15, 0.2) is 10.7 Å². The van der Waals surface area contributed by atoms with Gasteiger partial charge in [0.05, 0.1) is 10.7 Å². The number of hydrogen-bond acceptors (Lipinski definition) is 3. The molecule has 1 atom stereocenters. The molecule has 90 valence electrons. The lowest BCUT2D eigenvalue weighted by Gasteiger charge is -2.11. The number of ketones is 1. The molecule has 0 bridgehead atoms. The minimum absolute atomic E-state index is 0.0337. The van der Waals surface area contributed by atoms with E-state index in [1.54, 1.807) is 10.9 Å². The molecule has 1 rings (SSSR count). The first kappa shape index (κ1) is 13.4. The van der Waals surface area contributed by atoms with Gasteiger partial charge in [-0.05, 0) is 29.4 Å². The van der Waals surface area contributed by atoms with Crippen LogP contribution in [0.25, 0.3) is 0 Å². The Morgan fingerprint density at radius 2 is 2.38 bits per heavy atom. The van der Waals surface area contributed by atoms with Crippen molar-refractivity contribution in [1.29, 1.82) is 0 Å². The Labute approximate surface area is 105 Å². The number of rotatable bonds is 6. The third-order valence-electron chi connectivity index (χ3n) is 2.42. The summed E-state index contributed by atoms with van der Waals surface area (Å²) in [6.45, 7) is 5.46. The van der Waals surface area contributed by atoms with Gasteiger partial charge in [0, 0.05) is 19.0 Å². The average molecular weight is 288 g/mol. The summed E-state index contributed by atoms with van der Waals surface area (Å²) >= 11 is 3.38. The summed E-state index contributed by atoms with van der Waals surface area (Å²) in [7, 11) is 1.85. The molecule has 0 amide bonds. The minimum atomic E-state index is -0.0337. The highest BCUT2D eigenvalue weighted by Crippen LogP contribution is 2.19. The molecule has 16 heavy (non-hydrogen) atoms. The summed E-state index contributed by atoms with van der Waals surface area (Å²) in [4.78, 5) is 12.2. The largest absolute Gasteiger partial charge is 0.319 e. The molecule has 0 aliphatic rings. The van der Waals surface area contributed by atoms with E-state index in [2.05, 4.69) is 33.3 Å². The molecule has 4 nitrogen and oxygen atoms in total. The van der Waals surface area contributed by atoms with Crippen LogP contribution in [0.3, 0.4) is 0 Å². The highest BCUT2D eigenvalue weighted by Gasteiger charge is 2.21. The predicted molar refractivity (Wildman–Crippen MR) is 67.6 cm³/mol. The van der Waals surface area contributed by atoms with Gasteiger partial charge >= 0.3 is 0 Å². The van der Waals surface area contributed by atoms with Gasteiger partial charge in [0.2, 0.25) is 0 Å². The van der Waals surface area contributed by atoms with Crippen LogP contribution < -0.4 is 5.32 Å². The van der Waals surface area contributed by atoms with Crippen molar-refractivity contribution in [2.24, 2.45) is 5.92 Å². The van der Waals surface area contributed by atoms with E-state index in [0.29, 0.717) is 12.2 Å². The first-order valence-electron chi connectivity index (χ1n) is 5.51. The van der Waals surface area contributed by atoms with Crippen LogP contribution >= 0.6 is 15.9 Å². The van der Waals surface area contributed by atoms with E-state index >= 15 is 0 Å². The second-order valence-electron chi connectivity index (χ2n) is 3.89. The van der Waals surface area contributed by atoms with Gasteiger partial charge in [0.1, 0.15) is 5.69 Å². The topological polar surface area (TPSA) is 46.9 Å². The van der Waals surface area contributed by atoms with Gasteiger partial charge in [0.25, 0.3) is 0 Å². The lowest BCUT2D eigenvalue weighted by atomic mass is 10.0. The van der Waals surface area contributed by atoms with Crippen LogP contribution in [0.4, 0.5) is 0 Å². The van der Waals surface area contributed by atoms with Gasteiger partial charge in [-0.1, -0.05) is 13.8 Å². The maximum absolute atomic E-state index is 12.2. The molecule has 0 fully saturated rings. The zero-order chi connectivity index (χ0) is 12.1. The normalized spacial score (nSPS) is 12.8. The summed E-state index contributed by atoms with van der Waals surface area (Å²) in [5.41, 5.74) is 0.685. The number of carbonyl (C=O) groups excluding carboxylic acids is 1. The molecule has 1 unspecified atom stereocenters. The fraction of sp³-hybridized carbons (Fsp3) is 0.636. The van der Waals surface area contributed by atoms with Crippen LogP contribution in [-0.2, 0) is 6.54 Å². The summed E-state index contributed by atoms with van der Waals surface area (Å²) in [6.07, 6.45) is 2.66. The van der Waals surface area contributed by atoms with E-state index in [9.17, 15) is 4.79 Å². The van der Waals surface area contributed by atoms with Crippen LogP contribution in [0.1, 0.15) is 30.8 Å². The first-order valence-corrected chi connectivity index (χ1v) is 6.31. The van der Waals surface area contributed by atoms with E-state index in [4.69, 9.17) is 0 Å². The molecule has 5 heteroatoms. The lowest BCUT2D eigenvalue weighted by Crippen LogP contribution is -2.26. The zero-order valence-electron chi connectivity index (χ0n) is 9.96. The lowest BCUT2D eigenvalue weighted by molar-refractivity contribution is 0.0918. The fourth-order valence-corrected chi connectivity index (χ4v) is 2.11. The summed E-state index contributed by atoms with van der Waals surface area (Å²) in [6, 6.07) is 0. The van der Waals surface area contributed by atoms with Crippen molar-refractivity contribution in [2.45, 2.75) is 26.8 Å². The molecule has 1 N–H and O–H groups in total. The number of aryl methyl sites for hydroxylation is 1. The van der Waals surface area contributed by atoms with E-state index in [1.807, 2.05) is 14.0 Å². The number of hydrogen-bond donors (Lipinski definition) is 1. The highest BCUT2D eigenvalue weighted by molar-refractivity contribution is 9.10. The van der Waals surface area contributed by atoms with Crippen LogP contribution in [0.5, 0.6) is 0 Å². The molecular weight excluding hydrogens is 270 g/mol. The van der Waals surface area contributed by atoms with Crippen molar-refractivity contribution in [1.82, 2.24) is 15.1 Å². The van der Waals surface area contributed by atoms with Crippen LogP contribution in [-0.4, -0.2) is 29.2 Å². The third kappa shape index (κ3) is 2.92. The molecule has 0 spiro atoms. The second kappa shape index (κ2) is 6.15. The van der Waals surface area contributed by atoms with Gasteiger partial charge in [-0.3, -0.25) is 9.48 Å². The van der Waals surface area contributed by atoms with E-state index < -0.39 is 0 Å². The summed E-state index contributed by atoms with van der Waals surface area (Å²) < 4.78 is 2.56. The Bertz CT molecular complexity index is 362. The minimum Gasteiger partial charge on any atom is -0.319 e. The Balaban J connectivity index is 2.92. The molecule has 0 aliphatic carbocycles. The highest BCUT2D eigenvalue weighted by atomic mass is 79.9. The fourth-order valence-electron chi connectivity index (χ4n) is 1.62. The second-order valence-corrected chi connectivity index (χ2v) is 4.74. The van der Waals surface area contributed by atoms with Crippen LogP contribution in [0, 0.1) is 5.92 Å². The van der Waals surface area contributed by atoms with E-state index in [-0.39, 0.29) is 11.7 Å². The monoisotopic (exact) mass is 287 g/mol. The molecule has 1 aromatic rings. The number of nitrogens with zero attached hydrogens (tertiary/aromatic N) is 2. The SMILES string of the molecule is CCCn1ncc(Br)c1C(=O)C(C)CNC. The van der Waals surface area contributed by atoms with Crippen molar-refractivity contribution >= 4 is 21.7 Å². The molecule has 0 saturated heterocycles. The number of carbonyl (C=O) groups is 1. The van der Waals surface area contributed by atoms with Gasteiger partial charge in [-0.15, -0.1) is 0 Å². The molecule has 0 aliphatic heterocycles. The van der Waals surface area contributed by atoms with Crippen LogP contribution in [0.2, 0.25) is 0 Å². The average Bonchev–Trinajstić information content (AvgIpc) is 2.60. The number of aromatic nitrogens is 2. The van der Waals surface area contributed by atoms with Crippen molar-refractivity contribution in [3.63, 3.8) is 0 Å². The third-order valence-corrected chi connectivity index (χ3v) is 3.00. The van der Waals surface area contributed by atoms with E-state index in [1.165, 1.54) is 0 Å². The van der Waals surface area contributed by atoms with Crippen molar-refractivity contribution in [3.8, 4) is 0 Å². The van der Waals surface area contributed by atoms with Crippen molar-refractivity contribution in [3.05, 3.63) is 16.4 Å². The molecule has 0 saturated carbocycles. The Kier molecular flexibility index (Phi) is 5.15. The smallest absolute Gasteiger partial charge is 0.186 e. The predicted octanol–water partition coefficient (Wildman–Crippen LogP) is 2.09. The standard InChI is InChI=1S/C11H18BrN3O/c1-4-5-15-10(9(12)7-14-15)11(16)8(2)6-13-3/h7-8,13H,4-6H2,1-3H3. The molecule has 1 aromatic heterocycles. The molecule has 1 heterocycles. The quantitative estimate of drug-likeness (QED) is 0.815. The van der Waals surface area contributed by atoms with Crippen molar-refractivity contribution in [2.75, 3.05) is 13.6 Å². The first-order chi connectivity index (χ1) is 7.61. The Hall–Kier alpha value is -0.680. The number of Topliss-reactive ketones (excluding diaryl/α,β-unsaturated/α-hetero) is 1. The molecule has 0 radical (unpaired) electrons. The molecule has 0 aromatic carbocycles. The van der Waals surface area contributed by atoms with E-state index in [0.717, 1.165) is 17.4 Å². The molecular formula is C11H18BrN3O. The number of halogens is 1. The Morgan fingerprint density at radius 3 is 2.94 bits per heavy atom. The summed E-state index contributed by atoms with van der Waals surface area (Å²) in [5.74, 6) is 0.0979. The maximum Gasteiger partial charge on any atom is 0.186 e. The van der Waals surface area contributed by atoms with Crippen molar-refractivity contribution < 1.29 is 4.79 Å². The van der Waals surface area contributed by atoms with Gasteiger partial charge in [-0.25, -0.2) is 0 Å². The Morgan fingerprint density at radius 1 is 1.69 bits per heavy atom. The van der Waals surface area contributed by atoms with Gasteiger partial charge in [0.15, 0.2) is 5.78 Å².